The van der Waals surface area contributed by atoms with E-state index in [0.717, 1.165) is 36.0 Å². The standard InChI is InChI=1S/C12H18BrN3O/c13-10-5-4-6-11(9-10)15-8-3-1-2-7-12(14)16-17/h4-6,9,15,17H,1-3,7-8H2,(H2,14,16). The predicted octanol–water partition coefficient (Wildman–Crippen LogP) is 3.17. The molecule has 0 fully saturated rings. The number of amidine groups is 1. The second-order valence-corrected chi connectivity index (χ2v) is 4.75. The lowest BCUT2D eigenvalue weighted by atomic mass is 10.2. The number of nitrogens with zero attached hydrogens (tertiary/aromatic N) is 1. The van der Waals surface area contributed by atoms with Gasteiger partial charge in [0.15, 0.2) is 0 Å². The number of nitrogens with two attached hydrogens (primary N) is 1. The molecule has 94 valence electrons. The molecule has 1 aromatic rings. The molecule has 0 aliphatic heterocycles. The molecule has 5 heteroatoms. The molecule has 0 bridgehead atoms. The molecular formula is C12H18BrN3O. The highest BCUT2D eigenvalue weighted by Gasteiger charge is 1.95. The Bertz CT molecular complexity index is 369. The molecule has 1 rings (SSSR count). The summed E-state index contributed by atoms with van der Waals surface area (Å²) in [7, 11) is 0. The molecule has 0 spiro atoms. The van der Waals surface area contributed by atoms with Crippen LogP contribution >= 0.6 is 15.9 Å². The van der Waals surface area contributed by atoms with Crippen LogP contribution < -0.4 is 11.1 Å². The first kappa shape index (κ1) is 13.8. The lowest BCUT2D eigenvalue weighted by Gasteiger charge is -2.06. The fraction of sp³-hybridized carbons (Fsp3) is 0.417. The van der Waals surface area contributed by atoms with Crippen molar-refractivity contribution in [2.24, 2.45) is 10.9 Å². The smallest absolute Gasteiger partial charge is 0.139 e. The third-order valence-electron chi connectivity index (χ3n) is 2.39. The average Bonchev–Trinajstić information content (AvgIpc) is 2.33. The summed E-state index contributed by atoms with van der Waals surface area (Å²) in [5.41, 5.74) is 6.50. The normalized spacial score (nSPS) is 11.5. The molecule has 0 aromatic heterocycles. The third kappa shape index (κ3) is 6.16. The molecule has 0 atom stereocenters. The second-order valence-electron chi connectivity index (χ2n) is 3.84. The minimum atomic E-state index is 0.310. The van der Waals surface area contributed by atoms with Gasteiger partial charge in [-0.15, -0.1) is 0 Å². The van der Waals surface area contributed by atoms with E-state index in [9.17, 15) is 0 Å². The van der Waals surface area contributed by atoms with Crippen molar-refractivity contribution in [3.8, 4) is 0 Å². The number of rotatable bonds is 7. The summed E-state index contributed by atoms with van der Waals surface area (Å²) in [6, 6.07) is 8.10. The highest BCUT2D eigenvalue weighted by atomic mass is 79.9. The van der Waals surface area contributed by atoms with Crippen molar-refractivity contribution in [1.82, 2.24) is 0 Å². The lowest BCUT2D eigenvalue weighted by molar-refractivity contribution is 0.316. The van der Waals surface area contributed by atoms with Crippen LogP contribution in [0, 0.1) is 0 Å². The molecule has 0 aliphatic rings. The Morgan fingerprint density at radius 3 is 2.88 bits per heavy atom. The zero-order valence-corrected chi connectivity index (χ0v) is 11.3. The zero-order valence-electron chi connectivity index (χ0n) is 9.69. The first-order valence-electron chi connectivity index (χ1n) is 5.68. The van der Waals surface area contributed by atoms with Gasteiger partial charge in [0.25, 0.3) is 0 Å². The van der Waals surface area contributed by atoms with Gasteiger partial charge < -0.3 is 16.3 Å². The van der Waals surface area contributed by atoms with Crippen LogP contribution in [0.1, 0.15) is 25.7 Å². The minimum absolute atomic E-state index is 0.310. The van der Waals surface area contributed by atoms with E-state index in [1.165, 1.54) is 0 Å². The summed E-state index contributed by atoms with van der Waals surface area (Å²) in [5, 5.41) is 14.6. The minimum Gasteiger partial charge on any atom is -0.409 e. The molecule has 17 heavy (non-hydrogen) atoms. The summed E-state index contributed by atoms with van der Waals surface area (Å²) < 4.78 is 1.08. The number of unbranched alkanes of at least 4 members (excludes halogenated alkanes) is 2. The van der Waals surface area contributed by atoms with Crippen LogP contribution in [-0.2, 0) is 0 Å². The molecule has 4 N–H and O–H groups in total. The van der Waals surface area contributed by atoms with Crippen LogP contribution in [0.25, 0.3) is 0 Å². The van der Waals surface area contributed by atoms with Crippen LogP contribution in [0.5, 0.6) is 0 Å². The van der Waals surface area contributed by atoms with E-state index in [0.29, 0.717) is 12.3 Å². The van der Waals surface area contributed by atoms with Crippen LogP contribution in [0.2, 0.25) is 0 Å². The molecule has 0 aliphatic carbocycles. The number of benzene rings is 1. The highest BCUT2D eigenvalue weighted by Crippen LogP contribution is 2.15. The van der Waals surface area contributed by atoms with Gasteiger partial charge in [-0.1, -0.05) is 33.6 Å². The van der Waals surface area contributed by atoms with E-state index in [-0.39, 0.29) is 0 Å². The molecule has 1 aromatic carbocycles. The molecule has 0 heterocycles. The van der Waals surface area contributed by atoms with Crippen LogP contribution in [0.4, 0.5) is 5.69 Å². The molecule has 0 radical (unpaired) electrons. The Morgan fingerprint density at radius 1 is 1.35 bits per heavy atom. The van der Waals surface area contributed by atoms with Gasteiger partial charge in [0, 0.05) is 23.1 Å². The molecule has 0 saturated carbocycles. The topological polar surface area (TPSA) is 70.6 Å². The number of oxime groups is 1. The van der Waals surface area contributed by atoms with E-state index in [1.54, 1.807) is 0 Å². The van der Waals surface area contributed by atoms with Gasteiger partial charge in [-0.3, -0.25) is 0 Å². The summed E-state index contributed by atoms with van der Waals surface area (Å²) in [4.78, 5) is 0. The third-order valence-corrected chi connectivity index (χ3v) is 2.89. The van der Waals surface area contributed by atoms with Crippen molar-refractivity contribution in [2.45, 2.75) is 25.7 Å². The number of halogens is 1. The van der Waals surface area contributed by atoms with Gasteiger partial charge in [-0.25, -0.2) is 0 Å². The Kier molecular flexibility index (Phi) is 6.47. The Balaban J connectivity index is 2.08. The summed E-state index contributed by atoms with van der Waals surface area (Å²) in [6.45, 7) is 0.937. The van der Waals surface area contributed by atoms with Gasteiger partial charge in [-0.2, -0.15) is 0 Å². The Labute approximate surface area is 110 Å². The molecule has 0 saturated heterocycles. The van der Waals surface area contributed by atoms with Crippen molar-refractivity contribution < 1.29 is 5.21 Å². The number of hydrogen-bond acceptors (Lipinski definition) is 3. The molecule has 0 amide bonds. The van der Waals surface area contributed by atoms with Crippen LogP contribution in [0.3, 0.4) is 0 Å². The number of nitrogens with one attached hydrogen (secondary N) is 1. The van der Waals surface area contributed by atoms with Gasteiger partial charge in [-0.05, 0) is 31.0 Å². The first-order valence-corrected chi connectivity index (χ1v) is 6.47. The monoisotopic (exact) mass is 299 g/mol. The van der Waals surface area contributed by atoms with E-state index >= 15 is 0 Å². The van der Waals surface area contributed by atoms with Gasteiger partial charge in [0.05, 0.1) is 0 Å². The second kappa shape index (κ2) is 7.95. The fourth-order valence-corrected chi connectivity index (χ4v) is 1.89. The van der Waals surface area contributed by atoms with Gasteiger partial charge >= 0.3 is 0 Å². The maximum absolute atomic E-state index is 8.36. The van der Waals surface area contributed by atoms with Crippen LogP contribution in [0.15, 0.2) is 33.9 Å². The maximum atomic E-state index is 8.36. The van der Waals surface area contributed by atoms with E-state index < -0.39 is 0 Å². The Hall–Kier alpha value is -1.23. The number of anilines is 1. The van der Waals surface area contributed by atoms with Crippen molar-refractivity contribution in [3.05, 3.63) is 28.7 Å². The summed E-state index contributed by atoms with van der Waals surface area (Å²) in [6.07, 6.45) is 3.76. The van der Waals surface area contributed by atoms with Crippen LogP contribution in [-0.4, -0.2) is 17.6 Å². The van der Waals surface area contributed by atoms with Gasteiger partial charge in [0.2, 0.25) is 0 Å². The van der Waals surface area contributed by atoms with Gasteiger partial charge in [0.1, 0.15) is 5.84 Å². The van der Waals surface area contributed by atoms with E-state index in [4.69, 9.17) is 10.9 Å². The highest BCUT2D eigenvalue weighted by molar-refractivity contribution is 9.10. The first-order chi connectivity index (χ1) is 8.22. The van der Waals surface area contributed by atoms with Crippen molar-refractivity contribution >= 4 is 27.5 Å². The summed E-state index contributed by atoms with van der Waals surface area (Å²) >= 11 is 3.43. The zero-order chi connectivity index (χ0) is 12.5. The average molecular weight is 300 g/mol. The van der Waals surface area contributed by atoms with Crippen molar-refractivity contribution in [2.75, 3.05) is 11.9 Å². The van der Waals surface area contributed by atoms with E-state index in [1.807, 2.05) is 18.2 Å². The maximum Gasteiger partial charge on any atom is 0.139 e. The SMILES string of the molecule is N/C(CCCCCNc1cccc(Br)c1)=N\O. The summed E-state index contributed by atoms with van der Waals surface area (Å²) in [5.74, 6) is 0.310. The quantitative estimate of drug-likeness (QED) is 0.238. The number of hydrogen-bond donors (Lipinski definition) is 3. The lowest BCUT2D eigenvalue weighted by Crippen LogP contribution is -2.11. The largest absolute Gasteiger partial charge is 0.409 e. The van der Waals surface area contributed by atoms with Crippen molar-refractivity contribution in [3.63, 3.8) is 0 Å². The van der Waals surface area contributed by atoms with Crippen molar-refractivity contribution in [1.29, 1.82) is 0 Å². The predicted molar refractivity (Wildman–Crippen MR) is 74.5 cm³/mol. The van der Waals surface area contributed by atoms with E-state index in [2.05, 4.69) is 32.5 Å². The molecule has 4 nitrogen and oxygen atoms in total. The molecule has 0 unspecified atom stereocenters. The molecular weight excluding hydrogens is 282 g/mol. The fourth-order valence-electron chi connectivity index (χ4n) is 1.49. The Morgan fingerprint density at radius 2 is 2.18 bits per heavy atom.